The second-order valence-corrected chi connectivity index (χ2v) is 9.61. The summed E-state index contributed by atoms with van der Waals surface area (Å²) < 4.78 is 5.50. The summed E-state index contributed by atoms with van der Waals surface area (Å²) in [6.07, 6.45) is -0.309. The molecule has 0 aliphatic carbocycles. The first kappa shape index (κ1) is 16.4. The van der Waals surface area contributed by atoms with Crippen LogP contribution >= 0.6 is 29.5 Å². The van der Waals surface area contributed by atoms with Crippen LogP contribution in [0.3, 0.4) is 0 Å². The molecule has 0 aromatic heterocycles. The van der Waals surface area contributed by atoms with Gasteiger partial charge in [-0.2, -0.15) is 0 Å². The van der Waals surface area contributed by atoms with Crippen LogP contribution in [-0.2, 0) is 22.2 Å². The first-order valence-corrected chi connectivity index (χ1v) is 9.71. The van der Waals surface area contributed by atoms with Gasteiger partial charge in [-0.3, -0.25) is 0 Å². The summed E-state index contributed by atoms with van der Waals surface area (Å²) in [5.74, 6) is 0.441. The van der Waals surface area contributed by atoms with Crippen LogP contribution in [0.1, 0.15) is 17.2 Å². The summed E-state index contributed by atoms with van der Waals surface area (Å²) >= 11 is 14.6. The highest BCUT2D eigenvalue weighted by atomic mass is 35.5. The number of rotatable bonds is 6. The number of hydrogen-bond acceptors (Lipinski definition) is 3. The first-order valence-electron chi connectivity index (χ1n) is 5.35. The van der Waals surface area contributed by atoms with Gasteiger partial charge in [0.05, 0.1) is 0 Å². The maximum atomic E-state index is 9.61. The van der Waals surface area contributed by atoms with Crippen LogP contribution in [0.15, 0.2) is 24.3 Å². The van der Waals surface area contributed by atoms with Gasteiger partial charge in [-0.1, -0.05) is 36.5 Å². The molecule has 0 heterocycles. The normalized spacial score (nSPS) is 16.6. The van der Waals surface area contributed by atoms with E-state index in [1.165, 1.54) is 0 Å². The smallest absolute Gasteiger partial charge is 0.242 e. The number of halogens is 1. The zero-order valence-electron chi connectivity index (χ0n) is 10.3. The van der Waals surface area contributed by atoms with E-state index in [4.69, 9.17) is 27.9 Å². The molecule has 0 fully saturated rings. The standard InChI is InChI=1S/C11H17ClNO2PS2/c1-13(2)8-11(15-16(14,17)18)10-5-3-4-9(6-10)7-12/h3-6,11H,7-8H2,1-2H3,(H2,14,17,18). The molecule has 2 atom stereocenters. The van der Waals surface area contributed by atoms with Crippen LogP contribution in [0.5, 0.6) is 0 Å². The highest BCUT2D eigenvalue weighted by Crippen LogP contribution is 2.51. The van der Waals surface area contributed by atoms with E-state index in [0.717, 1.165) is 11.1 Å². The Balaban J connectivity index is 2.97. The summed E-state index contributed by atoms with van der Waals surface area (Å²) in [7, 11) is 3.86. The fraction of sp³-hybridized carbons (Fsp3) is 0.455. The van der Waals surface area contributed by atoms with Gasteiger partial charge in [-0.05, 0) is 37.0 Å². The molecule has 0 bridgehead atoms. The highest BCUT2D eigenvalue weighted by molar-refractivity contribution is 8.59. The van der Waals surface area contributed by atoms with Crippen LogP contribution in [0.4, 0.5) is 0 Å². The minimum absolute atomic E-state index is 0.309. The second-order valence-electron chi connectivity index (χ2n) is 4.23. The molecule has 7 heteroatoms. The van der Waals surface area contributed by atoms with Crippen molar-refractivity contribution in [1.82, 2.24) is 4.90 Å². The average Bonchev–Trinajstić information content (AvgIpc) is 2.26. The predicted molar refractivity (Wildman–Crippen MR) is 83.9 cm³/mol. The molecule has 1 aromatic carbocycles. The number of nitrogens with zero attached hydrogens (tertiary/aromatic N) is 1. The average molecular weight is 326 g/mol. The van der Waals surface area contributed by atoms with Crippen LogP contribution in [0, 0.1) is 0 Å². The number of likely N-dealkylation sites (N-methyl/N-ethyl adjacent to an activating group) is 1. The zero-order valence-corrected chi connectivity index (χ0v) is 13.6. The number of hydrogen-bond donors (Lipinski definition) is 2. The largest absolute Gasteiger partial charge is 0.338 e. The lowest BCUT2D eigenvalue weighted by molar-refractivity contribution is 0.168. The molecule has 1 rings (SSSR count). The lowest BCUT2D eigenvalue weighted by Gasteiger charge is -2.24. The summed E-state index contributed by atoms with van der Waals surface area (Å²) in [6, 6.07) is 7.75. The summed E-state index contributed by atoms with van der Waals surface area (Å²) in [6.45, 7) is 0.616. The number of thiol groups is 1. The molecule has 0 aliphatic rings. The molecule has 0 aliphatic heterocycles. The lowest BCUT2D eigenvalue weighted by atomic mass is 10.1. The Morgan fingerprint density at radius 3 is 2.72 bits per heavy atom. The Morgan fingerprint density at radius 1 is 1.56 bits per heavy atom. The third kappa shape index (κ3) is 6.02. The van der Waals surface area contributed by atoms with Crippen LogP contribution in [0.2, 0.25) is 0 Å². The van der Waals surface area contributed by atoms with Gasteiger partial charge < -0.3 is 14.3 Å². The Labute approximate surface area is 123 Å². The van der Waals surface area contributed by atoms with Crippen molar-refractivity contribution in [2.45, 2.75) is 12.0 Å². The van der Waals surface area contributed by atoms with Crippen LogP contribution in [0.25, 0.3) is 0 Å². The quantitative estimate of drug-likeness (QED) is 0.478. The molecule has 2 unspecified atom stereocenters. The molecule has 1 N–H and O–H groups in total. The Hall–Kier alpha value is 0.390. The van der Waals surface area contributed by atoms with Crippen molar-refractivity contribution >= 4 is 41.3 Å². The van der Waals surface area contributed by atoms with Crippen LogP contribution < -0.4 is 0 Å². The fourth-order valence-electron chi connectivity index (χ4n) is 1.57. The third-order valence-corrected chi connectivity index (χ3v) is 3.65. The van der Waals surface area contributed by atoms with Gasteiger partial charge in [-0.15, -0.1) is 11.6 Å². The van der Waals surface area contributed by atoms with Gasteiger partial charge in [0.2, 0.25) is 5.69 Å². The maximum absolute atomic E-state index is 9.61. The summed E-state index contributed by atoms with van der Waals surface area (Å²) in [5, 5.41) is 0. The molecule has 18 heavy (non-hydrogen) atoms. The monoisotopic (exact) mass is 325 g/mol. The van der Waals surface area contributed by atoms with E-state index in [2.05, 4.69) is 12.2 Å². The molecule has 0 spiro atoms. The van der Waals surface area contributed by atoms with Crippen molar-refractivity contribution < 1.29 is 9.42 Å². The second kappa shape index (κ2) is 7.25. The molecule has 0 saturated heterocycles. The molecule has 0 amide bonds. The van der Waals surface area contributed by atoms with Crippen molar-refractivity contribution in [1.29, 1.82) is 0 Å². The van der Waals surface area contributed by atoms with Gasteiger partial charge >= 0.3 is 0 Å². The fourth-order valence-corrected chi connectivity index (χ4v) is 2.91. The van der Waals surface area contributed by atoms with Crippen molar-refractivity contribution in [3.05, 3.63) is 35.4 Å². The minimum Gasteiger partial charge on any atom is -0.338 e. The van der Waals surface area contributed by atoms with E-state index in [9.17, 15) is 4.89 Å². The van der Waals surface area contributed by atoms with Crippen molar-refractivity contribution in [2.24, 2.45) is 0 Å². The molecule has 0 saturated carbocycles. The first-order chi connectivity index (χ1) is 8.31. The van der Waals surface area contributed by atoms with E-state index in [-0.39, 0.29) is 6.10 Å². The molecule has 1 aromatic rings. The van der Waals surface area contributed by atoms with E-state index in [1.54, 1.807) is 0 Å². The SMILES string of the molecule is CN(C)CC(OP(O)(=S)S)c1cccc(CCl)c1. The van der Waals surface area contributed by atoms with Crippen LogP contribution in [-0.4, -0.2) is 30.4 Å². The molecule has 0 radical (unpaired) electrons. The van der Waals surface area contributed by atoms with Gasteiger partial charge in [-0.25, -0.2) is 0 Å². The van der Waals surface area contributed by atoms with Crippen molar-refractivity contribution in [3.8, 4) is 0 Å². The van der Waals surface area contributed by atoms with Gasteiger partial charge in [0, 0.05) is 12.4 Å². The molecular formula is C11H17ClNO2PS2. The van der Waals surface area contributed by atoms with Gasteiger partial charge in [0.25, 0.3) is 0 Å². The van der Waals surface area contributed by atoms with E-state index in [0.29, 0.717) is 12.4 Å². The minimum atomic E-state index is -3.00. The number of benzene rings is 1. The van der Waals surface area contributed by atoms with E-state index in [1.807, 2.05) is 43.3 Å². The topological polar surface area (TPSA) is 32.7 Å². The van der Waals surface area contributed by atoms with Gasteiger partial charge in [0.1, 0.15) is 6.10 Å². The Morgan fingerprint density at radius 2 is 2.22 bits per heavy atom. The van der Waals surface area contributed by atoms with E-state index < -0.39 is 5.69 Å². The summed E-state index contributed by atoms with van der Waals surface area (Å²) in [5.41, 5.74) is -1.05. The highest BCUT2D eigenvalue weighted by Gasteiger charge is 2.20. The molecular weight excluding hydrogens is 309 g/mol. The lowest BCUT2D eigenvalue weighted by Crippen LogP contribution is -2.21. The van der Waals surface area contributed by atoms with E-state index >= 15 is 0 Å². The van der Waals surface area contributed by atoms with Crippen molar-refractivity contribution in [3.63, 3.8) is 0 Å². The Kier molecular flexibility index (Phi) is 6.62. The summed E-state index contributed by atoms with van der Waals surface area (Å²) in [4.78, 5) is 11.6. The number of alkyl halides is 1. The Bertz CT molecular complexity index is 439. The van der Waals surface area contributed by atoms with Crippen molar-refractivity contribution in [2.75, 3.05) is 20.6 Å². The molecule has 102 valence electrons. The van der Waals surface area contributed by atoms with Gasteiger partial charge in [0.15, 0.2) is 0 Å². The zero-order chi connectivity index (χ0) is 13.8. The predicted octanol–water partition coefficient (Wildman–Crippen LogP) is 3.19. The maximum Gasteiger partial charge on any atom is 0.242 e. The molecule has 3 nitrogen and oxygen atoms in total. The third-order valence-electron chi connectivity index (χ3n) is 2.27.